The van der Waals surface area contributed by atoms with Gasteiger partial charge in [-0.15, -0.1) is 0 Å². The van der Waals surface area contributed by atoms with Gasteiger partial charge in [0.05, 0.1) is 6.61 Å². The highest BCUT2D eigenvalue weighted by Crippen LogP contribution is 2.18. The van der Waals surface area contributed by atoms with Crippen LogP contribution in [0.5, 0.6) is 0 Å². The molecule has 0 aliphatic heterocycles. The zero-order valence-corrected chi connectivity index (χ0v) is 9.61. The van der Waals surface area contributed by atoms with Crippen LogP contribution in [-0.4, -0.2) is 24.3 Å². The lowest BCUT2D eigenvalue weighted by Gasteiger charge is -2.23. The second-order valence-corrected chi connectivity index (χ2v) is 3.94. The summed E-state index contributed by atoms with van der Waals surface area (Å²) in [5, 5.41) is 12.7. The van der Waals surface area contributed by atoms with Gasteiger partial charge in [-0.05, 0) is 24.4 Å². The topological polar surface area (TPSA) is 32.3 Å². The molecule has 0 aliphatic rings. The molecule has 84 valence electrons. The van der Waals surface area contributed by atoms with Gasteiger partial charge in [0.1, 0.15) is 0 Å². The molecule has 2 nitrogen and oxygen atoms in total. The number of aliphatic hydroxyl groups is 1. The lowest BCUT2D eigenvalue weighted by Crippen LogP contribution is -2.37. The van der Waals surface area contributed by atoms with Crippen LogP contribution in [0.25, 0.3) is 0 Å². The van der Waals surface area contributed by atoms with Crippen molar-refractivity contribution in [1.29, 1.82) is 0 Å². The van der Waals surface area contributed by atoms with E-state index in [2.05, 4.69) is 31.3 Å². The van der Waals surface area contributed by atoms with Gasteiger partial charge in [0.25, 0.3) is 0 Å². The molecule has 1 rings (SSSR count). The van der Waals surface area contributed by atoms with Gasteiger partial charge < -0.3 is 10.4 Å². The van der Waals surface area contributed by atoms with E-state index in [4.69, 9.17) is 0 Å². The summed E-state index contributed by atoms with van der Waals surface area (Å²) >= 11 is 0. The fraction of sp³-hybridized carbons (Fsp3) is 0.538. The van der Waals surface area contributed by atoms with E-state index < -0.39 is 0 Å². The summed E-state index contributed by atoms with van der Waals surface area (Å²) in [7, 11) is 0. The molecule has 0 radical (unpaired) electrons. The molecule has 0 saturated carbocycles. The van der Waals surface area contributed by atoms with Crippen molar-refractivity contribution in [2.75, 3.05) is 13.2 Å². The third kappa shape index (κ3) is 3.65. The third-order valence-electron chi connectivity index (χ3n) is 2.78. The number of hydrogen-bond donors (Lipinski definition) is 2. The monoisotopic (exact) mass is 207 g/mol. The molecule has 15 heavy (non-hydrogen) atoms. The van der Waals surface area contributed by atoms with Crippen molar-refractivity contribution in [2.24, 2.45) is 0 Å². The fourth-order valence-electron chi connectivity index (χ4n) is 1.72. The molecule has 0 spiro atoms. The molecule has 2 unspecified atom stereocenters. The van der Waals surface area contributed by atoms with Gasteiger partial charge in [0.15, 0.2) is 0 Å². The maximum absolute atomic E-state index is 9.32. The Morgan fingerprint density at radius 1 is 1.27 bits per heavy atom. The van der Waals surface area contributed by atoms with E-state index in [0.29, 0.717) is 5.92 Å². The van der Waals surface area contributed by atoms with Crippen LogP contribution in [0.15, 0.2) is 30.3 Å². The minimum absolute atomic E-state index is 0.160. The molecule has 0 saturated heterocycles. The number of hydrogen-bond acceptors (Lipinski definition) is 2. The third-order valence-corrected chi connectivity index (χ3v) is 2.78. The minimum atomic E-state index is 0.160. The van der Waals surface area contributed by atoms with Crippen LogP contribution in [0.2, 0.25) is 0 Å². The lowest BCUT2D eigenvalue weighted by atomic mass is 9.94. The van der Waals surface area contributed by atoms with Gasteiger partial charge in [-0.3, -0.25) is 0 Å². The van der Waals surface area contributed by atoms with E-state index in [9.17, 15) is 5.11 Å². The molecule has 0 heterocycles. The van der Waals surface area contributed by atoms with Crippen LogP contribution in [0.3, 0.4) is 0 Å². The first-order valence-corrected chi connectivity index (χ1v) is 5.68. The molecule has 1 aromatic carbocycles. The van der Waals surface area contributed by atoms with Gasteiger partial charge in [-0.25, -0.2) is 0 Å². The molecule has 0 amide bonds. The highest BCUT2D eigenvalue weighted by molar-refractivity contribution is 5.20. The van der Waals surface area contributed by atoms with Crippen LogP contribution in [0.4, 0.5) is 0 Å². The van der Waals surface area contributed by atoms with Crippen LogP contribution in [-0.2, 0) is 0 Å². The van der Waals surface area contributed by atoms with Crippen molar-refractivity contribution in [2.45, 2.75) is 32.2 Å². The Balaban J connectivity index is 2.60. The SMILES string of the molecule is CCCNC(CO)C(C)c1ccccc1. The van der Waals surface area contributed by atoms with E-state index in [1.54, 1.807) is 0 Å². The standard InChI is InChI=1S/C13H21NO/c1-3-9-14-13(10-15)11(2)12-7-5-4-6-8-12/h4-8,11,13-15H,3,9-10H2,1-2H3. The molecule has 0 bridgehead atoms. The lowest BCUT2D eigenvalue weighted by molar-refractivity contribution is 0.227. The molecule has 0 aliphatic carbocycles. The number of rotatable bonds is 6. The summed E-state index contributed by atoms with van der Waals surface area (Å²) in [6.07, 6.45) is 1.10. The van der Waals surface area contributed by atoms with Crippen molar-refractivity contribution in [3.8, 4) is 0 Å². The predicted molar refractivity (Wildman–Crippen MR) is 64.0 cm³/mol. The molecular weight excluding hydrogens is 186 g/mol. The van der Waals surface area contributed by atoms with Gasteiger partial charge >= 0.3 is 0 Å². The fourth-order valence-corrected chi connectivity index (χ4v) is 1.72. The van der Waals surface area contributed by atoms with Crippen molar-refractivity contribution < 1.29 is 5.11 Å². The summed E-state index contributed by atoms with van der Waals surface area (Å²) in [5.74, 6) is 0.350. The normalized spacial score (nSPS) is 14.9. The summed E-state index contributed by atoms with van der Waals surface area (Å²) in [5.41, 5.74) is 1.28. The van der Waals surface area contributed by atoms with E-state index >= 15 is 0 Å². The van der Waals surface area contributed by atoms with Gasteiger partial charge in [0.2, 0.25) is 0 Å². The highest BCUT2D eigenvalue weighted by atomic mass is 16.3. The van der Waals surface area contributed by atoms with E-state index in [0.717, 1.165) is 13.0 Å². The largest absolute Gasteiger partial charge is 0.395 e. The van der Waals surface area contributed by atoms with Crippen LogP contribution in [0, 0.1) is 0 Å². The zero-order chi connectivity index (χ0) is 11.1. The minimum Gasteiger partial charge on any atom is -0.395 e. The summed E-state index contributed by atoms with van der Waals surface area (Å²) in [4.78, 5) is 0. The maximum Gasteiger partial charge on any atom is 0.0590 e. The summed E-state index contributed by atoms with van der Waals surface area (Å²) < 4.78 is 0. The van der Waals surface area contributed by atoms with Crippen LogP contribution < -0.4 is 5.32 Å². The van der Waals surface area contributed by atoms with Crippen molar-refractivity contribution in [1.82, 2.24) is 5.32 Å². The average molecular weight is 207 g/mol. The van der Waals surface area contributed by atoms with E-state index in [1.807, 2.05) is 18.2 Å². The van der Waals surface area contributed by atoms with Crippen molar-refractivity contribution in [3.63, 3.8) is 0 Å². The first-order chi connectivity index (χ1) is 7.29. The second kappa shape index (κ2) is 6.59. The Labute approximate surface area is 92.3 Å². The van der Waals surface area contributed by atoms with Crippen molar-refractivity contribution in [3.05, 3.63) is 35.9 Å². The first kappa shape index (κ1) is 12.2. The molecule has 2 atom stereocenters. The molecule has 0 aromatic heterocycles. The average Bonchev–Trinajstić information content (AvgIpc) is 2.31. The van der Waals surface area contributed by atoms with Crippen LogP contribution >= 0.6 is 0 Å². The number of nitrogens with one attached hydrogen (secondary N) is 1. The Morgan fingerprint density at radius 3 is 2.47 bits per heavy atom. The zero-order valence-electron chi connectivity index (χ0n) is 9.61. The summed E-state index contributed by atoms with van der Waals surface area (Å²) in [6, 6.07) is 10.5. The highest BCUT2D eigenvalue weighted by Gasteiger charge is 2.16. The van der Waals surface area contributed by atoms with Gasteiger partial charge in [0, 0.05) is 6.04 Å². The quantitative estimate of drug-likeness (QED) is 0.749. The van der Waals surface area contributed by atoms with E-state index in [-0.39, 0.29) is 12.6 Å². The Kier molecular flexibility index (Phi) is 5.37. The molecule has 2 heteroatoms. The first-order valence-electron chi connectivity index (χ1n) is 5.68. The molecule has 0 fully saturated rings. The molecular formula is C13H21NO. The Bertz CT molecular complexity index is 260. The Hall–Kier alpha value is -0.860. The molecule has 1 aromatic rings. The number of benzene rings is 1. The Morgan fingerprint density at radius 2 is 1.93 bits per heavy atom. The van der Waals surface area contributed by atoms with Crippen LogP contribution in [0.1, 0.15) is 31.7 Å². The van der Waals surface area contributed by atoms with E-state index in [1.165, 1.54) is 5.56 Å². The second-order valence-electron chi connectivity index (χ2n) is 3.94. The predicted octanol–water partition coefficient (Wildman–Crippen LogP) is 2.15. The van der Waals surface area contributed by atoms with Gasteiger partial charge in [-0.2, -0.15) is 0 Å². The summed E-state index contributed by atoms with van der Waals surface area (Å²) in [6.45, 7) is 5.44. The molecule has 2 N–H and O–H groups in total. The van der Waals surface area contributed by atoms with Crippen molar-refractivity contribution >= 4 is 0 Å². The smallest absolute Gasteiger partial charge is 0.0590 e. The van der Waals surface area contributed by atoms with Gasteiger partial charge in [-0.1, -0.05) is 44.2 Å². The number of aliphatic hydroxyl groups excluding tert-OH is 1. The maximum atomic E-state index is 9.32.